The summed E-state index contributed by atoms with van der Waals surface area (Å²) in [5.74, 6) is 0. The normalized spacial score (nSPS) is 9.55. The predicted molar refractivity (Wildman–Crippen MR) is 50.3 cm³/mol. The van der Waals surface area contributed by atoms with Gasteiger partial charge in [0.15, 0.2) is 0 Å². The van der Waals surface area contributed by atoms with Gasteiger partial charge in [0.05, 0.1) is 10.2 Å². The van der Waals surface area contributed by atoms with Crippen molar-refractivity contribution in [3.63, 3.8) is 0 Å². The molecule has 0 unspecified atom stereocenters. The average molecular weight is 159 g/mol. The van der Waals surface area contributed by atoms with E-state index >= 15 is 0 Å². The molecule has 0 aliphatic heterocycles. The molecule has 0 saturated heterocycles. The Morgan fingerprint density at radius 3 is 2.73 bits per heavy atom. The SMILES string of the molecule is C=CCCc1ccccc1[Si]. The number of hydrogen-bond acceptors (Lipinski definition) is 0. The molecule has 55 valence electrons. The van der Waals surface area contributed by atoms with Crippen LogP contribution in [0.5, 0.6) is 0 Å². The third-order valence-electron chi connectivity index (χ3n) is 1.64. The van der Waals surface area contributed by atoms with Crippen LogP contribution in [0, 0.1) is 0 Å². The zero-order valence-electron chi connectivity index (χ0n) is 6.51. The molecule has 0 aliphatic rings. The molecule has 0 spiro atoms. The summed E-state index contributed by atoms with van der Waals surface area (Å²) in [5, 5.41) is 1.19. The lowest BCUT2D eigenvalue weighted by atomic mass is 10.1. The first-order valence-electron chi connectivity index (χ1n) is 3.75. The fourth-order valence-electron chi connectivity index (χ4n) is 0.996. The predicted octanol–water partition coefficient (Wildman–Crippen LogP) is 1.60. The van der Waals surface area contributed by atoms with E-state index in [2.05, 4.69) is 35.0 Å². The fraction of sp³-hybridized carbons (Fsp3) is 0.200. The molecule has 1 aromatic rings. The van der Waals surface area contributed by atoms with Crippen LogP contribution in [0.25, 0.3) is 0 Å². The average Bonchev–Trinajstić information content (AvgIpc) is 2.03. The van der Waals surface area contributed by atoms with Crippen LogP contribution in [0.2, 0.25) is 0 Å². The highest BCUT2D eigenvalue weighted by atomic mass is 28.1. The summed E-state index contributed by atoms with van der Waals surface area (Å²) in [5.41, 5.74) is 1.35. The number of rotatable bonds is 3. The quantitative estimate of drug-likeness (QED) is 0.464. The van der Waals surface area contributed by atoms with E-state index in [-0.39, 0.29) is 0 Å². The molecule has 0 fully saturated rings. The zero-order chi connectivity index (χ0) is 8.10. The van der Waals surface area contributed by atoms with Gasteiger partial charge in [-0.05, 0) is 18.4 Å². The van der Waals surface area contributed by atoms with E-state index in [1.165, 1.54) is 10.8 Å². The minimum atomic E-state index is 1.04. The molecule has 11 heavy (non-hydrogen) atoms. The van der Waals surface area contributed by atoms with Gasteiger partial charge in [0, 0.05) is 0 Å². The van der Waals surface area contributed by atoms with Crippen LogP contribution in [-0.4, -0.2) is 10.2 Å². The first-order valence-corrected chi connectivity index (χ1v) is 4.25. The summed E-state index contributed by atoms with van der Waals surface area (Å²) in [4.78, 5) is 0. The molecule has 1 heteroatoms. The van der Waals surface area contributed by atoms with Crippen molar-refractivity contribution in [3.8, 4) is 0 Å². The van der Waals surface area contributed by atoms with Crippen molar-refractivity contribution < 1.29 is 0 Å². The van der Waals surface area contributed by atoms with Gasteiger partial charge in [0.2, 0.25) is 0 Å². The molecule has 3 radical (unpaired) electrons. The molecular weight excluding hydrogens is 148 g/mol. The van der Waals surface area contributed by atoms with E-state index < -0.39 is 0 Å². The van der Waals surface area contributed by atoms with Gasteiger partial charge in [-0.15, -0.1) is 6.58 Å². The second kappa shape index (κ2) is 4.14. The number of hydrogen-bond donors (Lipinski definition) is 0. The minimum absolute atomic E-state index is 1.04. The van der Waals surface area contributed by atoms with Gasteiger partial charge < -0.3 is 0 Å². The first-order chi connectivity index (χ1) is 5.34. The Balaban J connectivity index is 2.69. The van der Waals surface area contributed by atoms with Gasteiger partial charge in [-0.3, -0.25) is 0 Å². The lowest BCUT2D eigenvalue weighted by molar-refractivity contribution is 1.01. The second-order valence-electron chi connectivity index (χ2n) is 2.48. The zero-order valence-corrected chi connectivity index (χ0v) is 7.51. The lowest BCUT2D eigenvalue weighted by Gasteiger charge is -2.01. The molecule has 0 N–H and O–H groups in total. The molecule has 0 aromatic heterocycles. The van der Waals surface area contributed by atoms with Crippen molar-refractivity contribution in [2.45, 2.75) is 12.8 Å². The standard InChI is InChI=1S/C10H11Si/c1-2-3-6-9-7-4-5-8-10(9)11/h2,4-5,7-8H,1,3,6H2. The molecule has 0 nitrogen and oxygen atoms in total. The van der Waals surface area contributed by atoms with Gasteiger partial charge in [0.25, 0.3) is 0 Å². The van der Waals surface area contributed by atoms with Gasteiger partial charge in [0.1, 0.15) is 0 Å². The molecule has 1 aromatic carbocycles. The van der Waals surface area contributed by atoms with E-state index in [0.29, 0.717) is 0 Å². The summed E-state index contributed by atoms with van der Waals surface area (Å²) >= 11 is 0. The van der Waals surface area contributed by atoms with Gasteiger partial charge in [-0.25, -0.2) is 0 Å². The van der Waals surface area contributed by atoms with E-state index in [4.69, 9.17) is 0 Å². The van der Waals surface area contributed by atoms with Gasteiger partial charge in [-0.2, -0.15) is 0 Å². The van der Waals surface area contributed by atoms with Crippen molar-refractivity contribution >= 4 is 15.4 Å². The lowest BCUT2D eigenvalue weighted by Crippen LogP contribution is -2.08. The highest BCUT2D eigenvalue weighted by Gasteiger charge is 1.93. The highest BCUT2D eigenvalue weighted by Crippen LogP contribution is 1.98. The van der Waals surface area contributed by atoms with Crippen molar-refractivity contribution in [2.24, 2.45) is 0 Å². The largest absolute Gasteiger partial charge is 0.103 e. The summed E-state index contributed by atoms with van der Waals surface area (Å²) < 4.78 is 0. The minimum Gasteiger partial charge on any atom is -0.103 e. The summed E-state index contributed by atoms with van der Waals surface area (Å²) in [7, 11) is 3.54. The molecule has 0 amide bonds. The Labute approximate surface area is 71.4 Å². The maximum absolute atomic E-state index is 3.69. The van der Waals surface area contributed by atoms with Crippen LogP contribution < -0.4 is 5.19 Å². The van der Waals surface area contributed by atoms with Crippen molar-refractivity contribution in [2.75, 3.05) is 0 Å². The third kappa shape index (κ3) is 2.35. The van der Waals surface area contributed by atoms with Crippen LogP contribution in [0.4, 0.5) is 0 Å². The molecule has 0 heterocycles. The van der Waals surface area contributed by atoms with Crippen LogP contribution in [0.15, 0.2) is 36.9 Å². The topological polar surface area (TPSA) is 0 Å². The van der Waals surface area contributed by atoms with Crippen LogP contribution >= 0.6 is 0 Å². The maximum atomic E-state index is 3.69. The summed E-state index contributed by atoms with van der Waals surface area (Å²) in [6.45, 7) is 3.69. The fourth-order valence-corrected chi connectivity index (χ4v) is 1.30. The molecule has 0 aliphatic carbocycles. The summed E-state index contributed by atoms with van der Waals surface area (Å²) in [6, 6.07) is 8.28. The molecule has 0 atom stereocenters. The van der Waals surface area contributed by atoms with Gasteiger partial charge in [-0.1, -0.05) is 35.5 Å². The Hall–Kier alpha value is -0.823. The highest BCUT2D eigenvalue weighted by molar-refractivity contribution is 6.33. The van der Waals surface area contributed by atoms with Crippen molar-refractivity contribution in [1.29, 1.82) is 0 Å². The Morgan fingerprint density at radius 2 is 2.09 bits per heavy atom. The van der Waals surface area contributed by atoms with Crippen LogP contribution in [0.1, 0.15) is 12.0 Å². The van der Waals surface area contributed by atoms with Crippen molar-refractivity contribution in [3.05, 3.63) is 42.5 Å². The Bertz CT molecular complexity index is 240. The van der Waals surface area contributed by atoms with E-state index in [1.54, 1.807) is 0 Å². The van der Waals surface area contributed by atoms with E-state index in [0.717, 1.165) is 12.8 Å². The Kier molecular flexibility index (Phi) is 3.11. The number of benzene rings is 1. The third-order valence-corrected chi connectivity index (χ3v) is 2.12. The second-order valence-corrected chi connectivity index (χ2v) is 3.02. The Morgan fingerprint density at radius 1 is 1.36 bits per heavy atom. The first kappa shape index (κ1) is 8.28. The number of allylic oxidation sites excluding steroid dienone is 1. The molecule has 1 rings (SSSR count). The maximum Gasteiger partial charge on any atom is 0.0715 e. The van der Waals surface area contributed by atoms with Crippen LogP contribution in [-0.2, 0) is 6.42 Å². The molecule has 0 saturated carbocycles. The smallest absolute Gasteiger partial charge is 0.0715 e. The number of aryl methyl sites for hydroxylation is 1. The summed E-state index contributed by atoms with van der Waals surface area (Å²) in [6.07, 6.45) is 4.06. The monoisotopic (exact) mass is 159 g/mol. The van der Waals surface area contributed by atoms with Crippen LogP contribution in [0.3, 0.4) is 0 Å². The van der Waals surface area contributed by atoms with E-state index in [9.17, 15) is 0 Å². The van der Waals surface area contributed by atoms with Gasteiger partial charge >= 0.3 is 0 Å². The molecule has 0 bridgehead atoms. The van der Waals surface area contributed by atoms with E-state index in [1.807, 2.05) is 12.1 Å². The van der Waals surface area contributed by atoms with Crippen molar-refractivity contribution in [1.82, 2.24) is 0 Å². The molecular formula is C10H11Si.